The number of esters is 1. The minimum absolute atomic E-state index is 0.189. The van der Waals surface area contributed by atoms with Gasteiger partial charge in [0.15, 0.2) is 0 Å². The molecule has 1 aliphatic rings. The first-order valence-electron chi connectivity index (χ1n) is 8.90. The Labute approximate surface area is 149 Å². The van der Waals surface area contributed by atoms with Gasteiger partial charge in [-0.2, -0.15) is 0 Å². The fraction of sp³-hybridized carbons (Fsp3) is 0.381. The van der Waals surface area contributed by atoms with E-state index in [9.17, 15) is 4.79 Å². The molecule has 4 heteroatoms. The number of rotatable bonds is 6. The summed E-state index contributed by atoms with van der Waals surface area (Å²) in [6.07, 6.45) is 1.06. The summed E-state index contributed by atoms with van der Waals surface area (Å²) in [5, 5.41) is 0. The molecule has 2 aromatic carbocycles. The van der Waals surface area contributed by atoms with Crippen molar-refractivity contribution in [3.63, 3.8) is 0 Å². The minimum Gasteiger partial charge on any atom is -0.456 e. The van der Waals surface area contributed by atoms with E-state index in [0.29, 0.717) is 13.0 Å². The average molecular weight is 339 g/mol. The molecular weight excluding hydrogens is 314 g/mol. The van der Waals surface area contributed by atoms with Crippen LogP contribution in [0.15, 0.2) is 60.7 Å². The van der Waals surface area contributed by atoms with E-state index >= 15 is 0 Å². The average Bonchev–Trinajstić information content (AvgIpc) is 2.91. The molecule has 0 aromatic heterocycles. The highest BCUT2D eigenvalue weighted by Crippen LogP contribution is 2.20. The molecule has 2 aromatic rings. The van der Waals surface area contributed by atoms with Gasteiger partial charge in [0.1, 0.15) is 6.10 Å². The highest BCUT2D eigenvalue weighted by molar-refractivity contribution is 5.72. The van der Waals surface area contributed by atoms with Crippen LogP contribution in [0.25, 0.3) is 0 Å². The van der Waals surface area contributed by atoms with E-state index in [2.05, 4.69) is 4.90 Å². The van der Waals surface area contributed by atoms with Gasteiger partial charge in [0.25, 0.3) is 0 Å². The molecule has 4 nitrogen and oxygen atoms in total. The van der Waals surface area contributed by atoms with E-state index in [1.807, 2.05) is 60.7 Å². The third-order valence-corrected chi connectivity index (χ3v) is 4.38. The summed E-state index contributed by atoms with van der Waals surface area (Å²) in [5.74, 6) is -0.189. The second-order valence-corrected chi connectivity index (χ2v) is 6.32. The molecule has 0 bridgehead atoms. The number of carbonyl (C=O) groups excluding carboxylic acids is 1. The largest absolute Gasteiger partial charge is 0.456 e. The molecule has 3 rings (SSSR count). The van der Waals surface area contributed by atoms with Crippen LogP contribution in [0, 0.1) is 0 Å². The molecule has 1 unspecified atom stereocenters. The van der Waals surface area contributed by atoms with Crippen molar-refractivity contribution in [1.82, 2.24) is 4.90 Å². The predicted molar refractivity (Wildman–Crippen MR) is 97.3 cm³/mol. The predicted octanol–water partition coefficient (Wildman–Crippen LogP) is 3.24. The molecule has 1 atom stereocenters. The van der Waals surface area contributed by atoms with Gasteiger partial charge in [-0.05, 0) is 17.5 Å². The Kier molecular flexibility index (Phi) is 6.60. The number of hydrogen-bond donors (Lipinski definition) is 0. The van der Waals surface area contributed by atoms with Crippen molar-refractivity contribution in [2.24, 2.45) is 0 Å². The van der Waals surface area contributed by atoms with Crippen LogP contribution in [-0.4, -0.2) is 43.7 Å². The maximum absolute atomic E-state index is 12.4. The molecular formula is C21H25NO3. The number of hydrogen-bond acceptors (Lipinski definition) is 4. The van der Waals surface area contributed by atoms with Crippen molar-refractivity contribution in [1.29, 1.82) is 0 Å². The lowest BCUT2D eigenvalue weighted by Crippen LogP contribution is -2.33. The molecule has 0 N–H and O–H groups in total. The van der Waals surface area contributed by atoms with E-state index in [4.69, 9.17) is 9.47 Å². The van der Waals surface area contributed by atoms with Crippen LogP contribution in [0.1, 0.15) is 23.7 Å². The van der Waals surface area contributed by atoms with Gasteiger partial charge in [-0.1, -0.05) is 60.7 Å². The molecule has 1 heterocycles. The Hall–Kier alpha value is -2.17. The zero-order chi connectivity index (χ0) is 17.3. The van der Waals surface area contributed by atoms with E-state index in [1.54, 1.807) is 0 Å². The number of benzene rings is 2. The maximum Gasteiger partial charge on any atom is 0.310 e. The Balaban J connectivity index is 1.66. The summed E-state index contributed by atoms with van der Waals surface area (Å²) in [6, 6.07) is 19.7. The smallest absolute Gasteiger partial charge is 0.310 e. The zero-order valence-corrected chi connectivity index (χ0v) is 14.5. The quantitative estimate of drug-likeness (QED) is 0.758. The lowest BCUT2D eigenvalue weighted by atomic mass is 10.1. The second-order valence-electron chi connectivity index (χ2n) is 6.32. The van der Waals surface area contributed by atoms with Crippen molar-refractivity contribution < 1.29 is 14.3 Å². The third-order valence-electron chi connectivity index (χ3n) is 4.38. The first-order valence-corrected chi connectivity index (χ1v) is 8.90. The summed E-state index contributed by atoms with van der Waals surface area (Å²) in [5.41, 5.74) is 2.01. The van der Waals surface area contributed by atoms with Gasteiger partial charge in [-0.3, -0.25) is 9.69 Å². The fourth-order valence-electron chi connectivity index (χ4n) is 3.06. The summed E-state index contributed by atoms with van der Waals surface area (Å²) < 4.78 is 11.4. The minimum atomic E-state index is -0.254. The Bertz CT molecular complexity index is 637. The van der Waals surface area contributed by atoms with E-state index < -0.39 is 0 Å². The maximum atomic E-state index is 12.4. The van der Waals surface area contributed by atoms with Crippen LogP contribution < -0.4 is 0 Å². The summed E-state index contributed by atoms with van der Waals surface area (Å²) in [6.45, 7) is 4.09. The summed E-state index contributed by atoms with van der Waals surface area (Å²) in [4.78, 5) is 14.8. The highest BCUT2D eigenvalue weighted by Gasteiger charge is 2.21. The van der Waals surface area contributed by atoms with Gasteiger partial charge in [-0.25, -0.2) is 0 Å². The topological polar surface area (TPSA) is 38.8 Å². The molecule has 0 aliphatic carbocycles. The van der Waals surface area contributed by atoms with Gasteiger partial charge in [-0.15, -0.1) is 0 Å². The lowest BCUT2D eigenvalue weighted by molar-refractivity contribution is -0.149. The van der Waals surface area contributed by atoms with Crippen LogP contribution in [0.3, 0.4) is 0 Å². The number of carbonyl (C=O) groups is 1. The number of ether oxygens (including phenoxy) is 2. The van der Waals surface area contributed by atoms with Crippen LogP contribution in [-0.2, 0) is 20.7 Å². The monoisotopic (exact) mass is 339 g/mol. The molecule has 0 amide bonds. The standard InChI is InChI=1S/C21H25NO3/c23-21(16-18-8-3-1-4-9-18)25-20(19-10-5-2-6-11-19)17-22-12-7-14-24-15-13-22/h1-6,8-11,20H,7,12-17H2. The van der Waals surface area contributed by atoms with Crippen molar-refractivity contribution in [3.05, 3.63) is 71.8 Å². The van der Waals surface area contributed by atoms with E-state index in [0.717, 1.165) is 43.9 Å². The molecule has 1 fully saturated rings. The molecule has 0 saturated carbocycles. The zero-order valence-electron chi connectivity index (χ0n) is 14.5. The van der Waals surface area contributed by atoms with Crippen molar-refractivity contribution in [2.45, 2.75) is 18.9 Å². The van der Waals surface area contributed by atoms with Gasteiger partial charge in [0.2, 0.25) is 0 Å². The Morgan fingerprint density at radius 3 is 2.48 bits per heavy atom. The van der Waals surface area contributed by atoms with Crippen LogP contribution in [0.4, 0.5) is 0 Å². The van der Waals surface area contributed by atoms with Gasteiger partial charge < -0.3 is 9.47 Å². The van der Waals surface area contributed by atoms with Crippen LogP contribution in [0.2, 0.25) is 0 Å². The lowest BCUT2D eigenvalue weighted by Gasteiger charge is -2.26. The van der Waals surface area contributed by atoms with Crippen molar-refractivity contribution in [3.8, 4) is 0 Å². The summed E-state index contributed by atoms with van der Waals surface area (Å²) >= 11 is 0. The van der Waals surface area contributed by atoms with Gasteiger partial charge in [0, 0.05) is 26.2 Å². The van der Waals surface area contributed by atoms with Gasteiger partial charge >= 0.3 is 5.97 Å². The molecule has 1 aliphatic heterocycles. The van der Waals surface area contributed by atoms with Crippen LogP contribution in [0.5, 0.6) is 0 Å². The second kappa shape index (κ2) is 9.35. The van der Waals surface area contributed by atoms with Crippen molar-refractivity contribution >= 4 is 5.97 Å². The first-order chi connectivity index (χ1) is 12.3. The molecule has 25 heavy (non-hydrogen) atoms. The third kappa shape index (κ3) is 5.69. The molecule has 0 spiro atoms. The molecule has 0 radical (unpaired) electrons. The fourth-order valence-corrected chi connectivity index (χ4v) is 3.06. The first kappa shape index (κ1) is 17.6. The van der Waals surface area contributed by atoms with Crippen molar-refractivity contribution in [2.75, 3.05) is 32.8 Å². The Morgan fingerprint density at radius 1 is 1.00 bits per heavy atom. The normalized spacial score (nSPS) is 16.8. The van der Waals surface area contributed by atoms with Crippen LogP contribution >= 0.6 is 0 Å². The SMILES string of the molecule is O=C(Cc1ccccc1)OC(CN1CCCOCC1)c1ccccc1. The molecule has 1 saturated heterocycles. The number of nitrogens with zero attached hydrogens (tertiary/aromatic N) is 1. The van der Waals surface area contributed by atoms with E-state index in [1.165, 1.54) is 0 Å². The highest BCUT2D eigenvalue weighted by atomic mass is 16.5. The molecule has 132 valence electrons. The van der Waals surface area contributed by atoms with E-state index in [-0.39, 0.29) is 12.1 Å². The van der Waals surface area contributed by atoms with Gasteiger partial charge in [0.05, 0.1) is 13.0 Å². The summed E-state index contributed by atoms with van der Waals surface area (Å²) in [7, 11) is 0. The Morgan fingerprint density at radius 2 is 1.72 bits per heavy atom.